The second kappa shape index (κ2) is 8.75. The van der Waals surface area contributed by atoms with Crippen LogP contribution in [0.3, 0.4) is 0 Å². The minimum absolute atomic E-state index is 0.0288. The lowest BCUT2D eigenvalue weighted by Crippen LogP contribution is -2.41. The predicted molar refractivity (Wildman–Crippen MR) is 120 cm³/mol. The van der Waals surface area contributed by atoms with E-state index < -0.39 is 29.9 Å². The number of halogens is 4. The predicted octanol–water partition coefficient (Wildman–Crippen LogP) is 6.91. The number of piperidine rings is 1. The summed E-state index contributed by atoms with van der Waals surface area (Å²) in [6.45, 7) is 6.45. The van der Waals surface area contributed by atoms with Gasteiger partial charge in [-0.2, -0.15) is 0 Å². The van der Waals surface area contributed by atoms with E-state index in [-0.39, 0.29) is 22.6 Å². The fourth-order valence-corrected chi connectivity index (χ4v) is 4.62. The summed E-state index contributed by atoms with van der Waals surface area (Å²) in [5, 5.41) is 0.133. The number of hydrogen-bond acceptors (Lipinski definition) is 3. The molecule has 0 radical (unpaired) electrons. The zero-order valence-electron chi connectivity index (χ0n) is 18.8. The first kappa shape index (κ1) is 23.7. The molecule has 1 amide bonds. The minimum Gasteiger partial charge on any atom is -0.479 e. The van der Waals surface area contributed by atoms with Gasteiger partial charge in [0.2, 0.25) is 0 Å². The highest BCUT2D eigenvalue weighted by molar-refractivity contribution is 6.30. The van der Waals surface area contributed by atoms with Gasteiger partial charge >= 0.3 is 6.09 Å². The zero-order valence-corrected chi connectivity index (χ0v) is 19.6. The molecule has 0 spiro atoms. The van der Waals surface area contributed by atoms with Gasteiger partial charge in [-0.05, 0) is 57.2 Å². The molecule has 2 aromatic carbocycles. The Kier molecular flexibility index (Phi) is 6.29. The van der Waals surface area contributed by atoms with Crippen LogP contribution in [0.1, 0.15) is 62.3 Å². The SMILES string of the molecule is CC(C)(C)OC(=O)N1CCC(c2cccc3c2OC(c2ccc(Cl)cc2F)C(F)(F)C3)CC1. The van der Waals surface area contributed by atoms with E-state index in [9.17, 15) is 18.0 Å². The average molecular weight is 482 g/mol. The van der Waals surface area contributed by atoms with E-state index in [2.05, 4.69) is 0 Å². The van der Waals surface area contributed by atoms with Crippen molar-refractivity contribution in [3.05, 3.63) is 63.9 Å². The summed E-state index contributed by atoms with van der Waals surface area (Å²) in [6, 6.07) is 8.89. The molecule has 1 fully saturated rings. The standard InChI is InChI=1S/C25H27ClF3NO3/c1-24(2,3)33-23(31)30-11-9-15(10-12-30)18-6-4-5-16-14-25(28,29)22(32-21(16)18)19-8-7-17(26)13-20(19)27/h4-8,13,15,22H,9-12,14H2,1-3H3. The molecule has 4 rings (SSSR count). The largest absolute Gasteiger partial charge is 0.479 e. The summed E-state index contributed by atoms with van der Waals surface area (Å²) < 4.78 is 55.7. The number of alkyl halides is 2. The Morgan fingerprint density at radius 1 is 1.15 bits per heavy atom. The molecule has 1 saturated heterocycles. The van der Waals surface area contributed by atoms with E-state index in [0.29, 0.717) is 37.2 Å². The summed E-state index contributed by atoms with van der Waals surface area (Å²) >= 11 is 5.80. The van der Waals surface area contributed by atoms with E-state index in [1.54, 1.807) is 17.0 Å². The number of nitrogens with zero attached hydrogens (tertiary/aromatic N) is 1. The number of likely N-dealkylation sites (tertiary alicyclic amines) is 1. The zero-order chi connectivity index (χ0) is 24.0. The quantitative estimate of drug-likeness (QED) is 0.468. The van der Waals surface area contributed by atoms with Gasteiger partial charge < -0.3 is 14.4 Å². The molecule has 4 nitrogen and oxygen atoms in total. The van der Waals surface area contributed by atoms with Crippen molar-refractivity contribution in [2.45, 2.75) is 63.6 Å². The van der Waals surface area contributed by atoms with E-state index >= 15 is 0 Å². The lowest BCUT2D eigenvalue weighted by Gasteiger charge is -2.38. The Labute approximate surface area is 196 Å². The molecule has 2 aromatic rings. The second-order valence-electron chi connectivity index (χ2n) is 9.68. The molecule has 0 N–H and O–H groups in total. The highest BCUT2D eigenvalue weighted by atomic mass is 35.5. The number of para-hydroxylation sites is 1. The molecule has 8 heteroatoms. The van der Waals surface area contributed by atoms with Crippen LogP contribution in [0.5, 0.6) is 5.75 Å². The van der Waals surface area contributed by atoms with Gasteiger partial charge in [0.15, 0.2) is 6.10 Å². The number of fused-ring (bicyclic) bond motifs is 1. The molecule has 2 aliphatic rings. The van der Waals surface area contributed by atoms with Gasteiger partial charge in [0.1, 0.15) is 17.2 Å². The van der Waals surface area contributed by atoms with Crippen LogP contribution >= 0.6 is 11.6 Å². The molecular weight excluding hydrogens is 455 g/mol. The van der Waals surface area contributed by atoms with Gasteiger partial charge in [-0.3, -0.25) is 0 Å². The molecule has 1 unspecified atom stereocenters. The Bertz CT molecular complexity index is 1050. The third-order valence-corrected chi connectivity index (χ3v) is 6.24. The topological polar surface area (TPSA) is 38.8 Å². The molecule has 2 heterocycles. The van der Waals surface area contributed by atoms with Crippen molar-refractivity contribution in [3.63, 3.8) is 0 Å². The number of hydrogen-bond donors (Lipinski definition) is 0. The summed E-state index contributed by atoms with van der Waals surface area (Å²) in [4.78, 5) is 14.0. The van der Waals surface area contributed by atoms with Crippen molar-refractivity contribution >= 4 is 17.7 Å². The first-order valence-electron chi connectivity index (χ1n) is 11.0. The van der Waals surface area contributed by atoms with E-state index in [4.69, 9.17) is 21.1 Å². The minimum atomic E-state index is -3.28. The van der Waals surface area contributed by atoms with Crippen molar-refractivity contribution in [2.24, 2.45) is 0 Å². The van der Waals surface area contributed by atoms with Crippen LogP contribution in [0.15, 0.2) is 36.4 Å². The lowest BCUT2D eigenvalue weighted by molar-refractivity contribution is -0.111. The van der Waals surface area contributed by atoms with Crippen molar-refractivity contribution in [3.8, 4) is 5.75 Å². The van der Waals surface area contributed by atoms with Crippen LogP contribution in [0, 0.1) is 5.82 Å². The number of amides is 1. The van der Waals surface area contributed by atoms with Crippen LogP contribution in [0.25, 0.3) is 0 Å². The lowest BCUT2D eigenvalue weighted by atomic mass is 9.85. The molecule has 178 valence electrons. The number of carbonyl (C=O) groups excluding carboxylic acids is 1. The Balaban J connectivity index is 1.56. The van der Waals surface area contributed by atoms with Gasteiger partial charge in [0.05, 0.1) is 0 Å². The maximum absolute atomic E-state index is 15.0. The van der Waals surface area contributed by atoms with Crippen LogP contribution < -0.4 is 4.74 Å². The van der Waals surface area contributed by atoms with Crippen LogP contribution in [0.4, 0.5) is 18.0 Å². The molecule has 0 aliphatic carbocycles. The summed E-state index contributed by atoms with van der Waals surface area (Å²) in [5.41, 5.74) is 0.422. The number of benzene rings is 2. The molecule has 2 aliphatic heterocycles. The van der Waals surface area contributed by atoms with E-state index in [0.717, 1.165) is 11.6 Å². The Morgan fingerprint density at radius 3 is 2.48 bits per heavy atom. The molecule has 0 bridgehead atoms. The van der Waals surface area contributed by atoms with Gasteiger partial charge in [0.25, 0.3) is 5.92 Å². The normalized spacial score (nSPS) is 20.7. The molecule has 0 aromatic heterocycles. The molecule has 1 atom stereocenters. The average Bonchev–Trinajstić information content (AvgIpc) is 2.71. The fraction of sp³-hybridized carbons (Fsp3) is 0.480. The maximum Gasteiger partial charge on any atom is 0.410 e. The second-order valence-corrected chi connectivity index (χ2v) is 10.1. The van der Waals surface area contributed by atoms with Crippen LogP contribution in [-0.2, 0) is 11.2 Å². The summed E-state index contributed by atoms with van der Waals surface area (Å²) in [5.74, 6) is -3.68. The summed E-state index contributed by atoms with van der Waals surface area (Å²) in [6.07, 6.45) is -1.35. The Morgan fingerprint density at radius 2 is 1.85 bits per heavy atom. The van der Waals surface area contributed by atoms with Crippen molar-refractivity contribution in [1.29, 1.82) is 0 Å². The number of ether oxygens (including phenoxy) is 2. The van der Waals surface area contributed by atoms with Gasteiger partial charge in [-0.15, -0.1) is 0 Å². The van der Waals surface area contributed by atoms with Gasteiger partial charge in [-0.25, -0.2) is 18.0 Å². The summed E-state index contributed by atoms with van der Waals surface area (Å²) in [7, 11) is 0. The maximum atomic E-state index is 15.0. The number of carbonyl (C=O) groups is 1. The van der Waals surface area contributed by atoms with E-state index in [1.807, 2.05) is 26.8 Å². The highest BCUT2D eigenvalue weighted by Crippen LogP contribution is 2.48. The smallest absolute Gasteiger partial charge is 0.410 e. The molecule has 33 heavy (non-hydrogen) atoms. The van der Waals surface area contributed by atoms with Crippen molar-refractivity contribution < 1.29 is 27.4 Å². The molecule has 0 saturated carbocycles. The van der Waals surface area contributed by atoms with E-state index in [1.165, 1.54) is 12.1 Å². The van der Waals surface area contributed by atoms with Crippen molar-refractivity contribution in [2.75, 3.05) is 13.1 Å². The fourth-order valence-electron chi connectivity index (χ4n) is 4.46. The first-order valence-corrected chi connectivity index (χ1v) is 11.4. The molecular formula is C25H27ClF3NO3. The van der Waals surface area contributed by atoms with Gasteiger partial charge in [-0.1, -0.05) is 35.9 Å². The number of rotatable bonds is 2. The third kappa shape index (κ3) is 5.08. The third-order valence-electron chi connectivity index (χ3n) is 6.00. The van der Waals surface area contributed by atoms with Crippen molar-refractivity contribution in [1.82, 2.24) is 4.90 Å². The van der Waals surface area contributed by atoms with Crippen LogP contribution in [0.2, 0.25) is 5.02 Å². The monoisotopic (exact) mass is 481 g/mol. The first-order chi connectivity index (χ1) is 15.4. The Hall–Kier alpha value is -2.41. The highest BCUT2D eigenvalue weighted by Gasteiger charge is 2.48. The van der Waals surface area contributed by atoms with Gasteiger partial charge in [0, 0.05) is 35.7 Å². The van der Waals surface area contributed by atoms with Crippen LogP contribution in [-0.4, -0.2) is 35.6 Å².